The van der Waals surface area contributed by atoms with E-state index in [0.717, 1.165) is 11.3 Å². The molecule has 0 saturated carbocycles. The third kappa shape index (κ3) is 8.53. The van der Waals surface area contributed by atoms with Crippen molar-refractivity contribution in [3.8, 4) is 0 Å². The quantitative estimate of drug-likeness (QED) is 0.548. The summed E-state index contributed by atoms with van der Waals surface area (Å²) in [6.07, 6.45) is 1.61. The van der Waals surface area contributed by atoms with E-state index in [1.807, 2.05) is 44.2 Å². The molecule has 2 N–H and O–H groups in total. The van der Waals surface area contributed by atoms with Gasteiger partial charge in [-0.1, -0.05) is 23.8 Å². The average molecular weight is 191 g/mol. The number of hydrogen-bond acceptors (Lipinski definition) is 2. The maximum absolute atomic E-state index is 10.2. The number of para-hydroxylation sites is 1. The Morgan fingerprint density at radius 2 is 1.64 bits per heavy atom. The fourth-order valence-corrected chi connectivity index (χ4v) is 0.860. The van der Waals surface area contributed by atoms with Crippen LogP contribution in [0.1, 0.15) is 20.8 Å². The smallest absolute Gasteiger partial charge is 0.152 e. The number of carbonyl (C=O) groups is 1. The van der Waals surface area contributed by atoms with Crippen LogP contribution in [0.3, 0.4) is 0 Å². The maximum Gasteiger partial charge on any atom is 0.152 e. The highest BCUT2D eigenvalue weighted by Gasteiger charge is 1.80. The van der Waals surface area contributed by atoms with E-state index in [4.69, 9.17) is 5.73 Å². The summed E-state index contributed by atoms with van der Waals surface area (Å²) in [4.78, 5) is 10.2. The molecule has 2 nitrogen and oxygen atoms in total. The molecule has 1 aromatic rings. The second-order valence-electron chi connectivity index (χ2n) is 3.24. The zero-order valence-corrected chi connectivity index (χ0v) is 8.95. The molecular weight excluding hydrogens is 174 g/mol. The van der Waals surface area contributed by atoms with Gasteiger partial charge in [0.05, 0.1) is 0 Å². The van der Waals surface area contributed by atoms with Crippen molar-refractivity contribution >= 4 is 11.5 Å². The van der Waals surface area contributed by atoms with E-state index in [-0.39, 0.29) is 5.78 Å². The van der Waals surface area contributed by atoms with Gasteiger partial charge in [-0.2, -0.15) is 0 Å². The predicted molar refractivity (Wildman–Crippen MR) is 61.0 cm³/mol. The molecule has 0 radical (unpaired) electrons. The fraction of sp³-hybridized carbons (Fsp3) is 0.250. The summed E-state index contributed by atoms with van der Waals surface area (Å²) in [5.41, 5.74) is 7.24. The van der Waals surface area contributed by atoms with Gasteiger partial charge in [-0.3, -0.25) is 4.79 Å². The monoisotopic (exact) mass is 191 g/mol. The van der Waals surface area contributed by atoms with Crippen molar-refractivity contribution in [2.75, 3.05) is 5.73 Å². The Labute approximate surface area is 85.4 Å². The van der Waals surface area contributed by atoms with Crippen molar-refractivity contribution in [3.63, 3.8) is 0 Å². The molecule has 0 atom stereocenters. The molecule has 0 unspecified atom stereocenters. The van der Waals surface area contributed by atoms with Gasteiger partial charge in [0.1, 0.15) is 0 Å². The first-order valence-electron chi connectivity index (χ1n) is 4.48. The van der Waals surface area contributed by atoms with Gasteiger partial charge >= 0.3 is 0 Å². The molecule has 0 aliphatic carbocycles. The zero-order chi connectivity index (χ0) is 11.0. The van der Waals surface area contributed by atoms with Gasteiger partial charge in [0.25, 0.3) is 0 Å². The van der Waals surface area contributed by atoms with Crippen LogP contribution in [0.25, 0.3) is 0 Å². The average Bonchev–Trinajstić information content (AvgIpc) is 2.03. The molecule has 76 valence electrons. The molecule has 0 spiro atoms. The Morgan fingerprint density at radius 3 is 1.79 bits per heavy atom. The van der Waals surface area contributed by atoms with E-state index in [9.17, 15) is 4.79 Å². The summed E-state index contributed by atoms with van der Waals surface area (Å²) in [6.45, 7) is 5.36. The third-order valence-corrected chi connectivity index (χ3v) is 1.29. The molecule has 2 heteroatoms. The standard InChI is InChI=1S/C6H7N.C6H10O/c7-6-4-2-1-3-5-6;1-5(2)4-6(3)7/h1-5H,7H2;4H,1-3H3. The molecule has 0 amide bonds. The van der Waals surface area contributed by atoms with Crippen LogP contribution < -0.4 is 5.73 Å². The van der Waals surface area contributed by atoms with Crippen molar-refractivity contribution in [1.82, 2.24) is 0 Å². The minimum Gasteiger partial charge on any atom is -0.399 e. The first-order valence-corrected chi connectivity index (χ1v) is 4.48. The Kier molecular flexibility index (Phi) is 6.12. The first kappa shape index (κ1) is 12.4. The molecular formula is C12H17NO. The summed E-state index contributed by atoms with van der Waals surface area (Å²) >= 11 is 0. The van der Waals surface area contributed by atoms with Crippen LogP contribution in [0.15, 0.2) is 42.0 Å². The lowest BCUT2D eigenvalue weighted by atomic mass is 10.3. The molecule has 0 aliphatic rings. The number of carbonyl (C=O) groups excluding carboxylic acids is 1. The topological polar surface area (TPSA) is 43.1 Å². The van der Waals surface area contributed by atoms with Crippen LogP contribution in [0.2, 0.25) is 0 Å². The molecule has 0 fully saturated rings. The molecule has 0 aromatic heterocycles. The van der Waals surface area contributed by atoms with Crippen molar-refractivity contribution < 1.29 is 4.79 Å². The SMILES string of the molecule is CC(=O)C=C(C)C.Nc1ccccc1. The normalized spacial score (nSPS) is 8.21. The fourth-order valence-electron chi connectivity index (χ4n) is 0.860. The van der Waals surface area contributed by atoms with E-state index in [1.165, 1.54) is 0 Å². The summed E-state index contributed by atoms with van der Waals surface area (Å²) < 4.78 is 0. The van der Waals surface area contributed by atoms with E-state index >= 15 is 0 Å². The van der Waals surface area contributed by atoms with Gasteiger partial charge in [0, 0.05) is 5.69 Å². The number of allylic oxidation sites excluding steroid dienone is 2. The van der Waals surface area contributed by atoms with Crippen molar-refractivity contribution in [2.45, 2.75) is 20.8 Å². The highest BCUT2D eigenvalue weighted by molar-refractivity contribution is 5.87. The number of rotatable bonds is 1. The van der Waals surface area contributed by atoms with E-state index < -0.39 is 0 Å². The molecule has 0 bridgehead atoms. The van der Waals surface area contributed by atoms with Crippen LogP contribution >= 0.6 is 0 Å². The Bertz CT molecular complexity index is 297. The van der Waals surface area contributed by atoms with E-state index in [2.05, 4.69) is 0 Å². The Balaban J connectivity index is 0.000000241. The molecule has 1 rings (SSSR count). The highest BCUT2D eigenvalue weighted by atomic mass is 16.1. The lowest BCUT2D eigenvalue weighted by molar-refractivity contribution is -0.112. The number of nitrogen functional groups attached to an aromatic ring is 1. The molecule has 0 aliphatic heterocycles. The summed E-state index contributed by atoms with van der Waals surface area (Å²) in [5, 5.41) is 0. The molecule has 0 heterocycles. The molecule has 1 aromatic carbocycles. The number of anilines is 1. The van der Waals surface area contributed by atoms with Gasteiger partial charge in [0.2, 0.25) is 0 Å². The number of ketones is 1. The summed E-state index contributed by atoms with van der Waals surface area (Å²) in [5.74, 6) is 0.125. The van der Waals surface area contributed by atoms with Gasteiger partial charge in [-0.05, 0) is 39.0 Å². The van der Waals surface area contributed by atoms with Crippen molar-refractivity contribution in [2.24, 2.45) is 0 Å². The second kappa shape index (κ2) is 6.89. The van der Waals surface area contributed by atoms with Crippen LogP contribution in [0.4, 0.5) is 5.69 Å². The van der Waals surface area contributed by atoms with Gasteiger partial charge in [-0.25, -0.2) is 0 Å². The van der Waals surface area contributed by atoms with Crippen molar-refractivity contribution in [1.29, 1.82) is 0 Å². The van der Waals surface area contributed by atoms with Gasteiger partial charge in [-0.15, -0.1) is 0 Å². The number of nitrogens with two attached hydrogens (primary N) is 1. The summed E-state index contributed by atoms with van der Waals surface area (Å²) in [7, 11) is 0. The molecule has 0 saturated heterocycles. The lowest BCUT2D eigenvalue weighted by Gasteiger charge is -1.83. The highest BCUT2D eigenvalue weighted by Crippen LogP contribution is 1.95. The van der Waals surface area contributed by atoms with Crippen LogP contribution in [-0.2, 0) is 4.79 Å². The third-order valence-electron chi connectivity index (χ3n) is 1.29. The van der Waals surface area contributed by atoms with E-state index in [0.29, 0.717) is 0 Å². The number of benzene rings is 1. The second-order valence-corrected chi connectivity index (χ2v) is 3.24. The zero-order valence-electron chi connectivity index (χ0n) is 8.95. The largest absolute Gasteiger partial charge is 0.399 e. The Morgan fingerprint density at radius 1 is 1.14 bits per heavy atom. The minimum atomic E-state index is 0.125. The van der Waals surface area contributed by atoms with E-state index in [1.54, 1.807) is 13.0 Å². The van der Waals surface area contributed by atoms with Crippen LogP contribution in [-0.4, -0.2) is 5.78 Å². The Hall–Kier alpha value is -1.57. The molecule has 14 heavy (non-hydrogen) atoms. The van der Waals surface area contributed by atoms with Gasteiger partial charge in [0.15, 0.2) is 5.78 Å². The predicted octanol–water partition coefficient (Wildman–Crippen LogP) is 2.81. The van der Waals surface area contributed by atoms with Crippen LogP contribution in [0, 0.1) is 0 Å². The first-order chi connectivity index (χ1) is 6.52. The number of hydrogen-bond donors (Lipinski definition) is 1. The van der Waals surface area contributed by atoms with Gasteiger partial charge < -0.3 is 5.73 Å². The lowest BCUT2D eigenvalue weighted by Crippen LogP contribution is -1.80. The van der Waals surface area contributed by atoms with Crippen LogP contribution in [0.5, 0.6) is 0 Å². The van der Waals surface area contributed by atoms with Crippen molar-refractivity contribution in [3.05, 3.63) is 42.0 Å². The minimum absolute atomic E-state index is 0.125. The summed E-state index contributed by atoms with van der Waals surface area (Å²) in [6, 6.07) is 9.49. The maximum atomic E-state index is 10.2.